The van der Waals surface area contributed by atoms with E-state index in [4.69, 9.17) is 16.3 Å². The van der Waals surface area contributed by atoms with Gasteiger partial charge in [0.25, 0.3) is 0 Å². The van der Waals surface area contributed by atoms with E-state index >= 15 is 0 Å². The van der Waals surface area contributed by atoms with E-state index < -0.39 is 0 Å². The van der Waals surface area contributed by atoms with E-state index in [0.29, 0.717) is 22.8 Å². The number of halogens is 1. The van der Waals surface area contributed by atoms with Crippen molar-refractivity contribution in [2.75, 3.05) is 6.61 Å². The Morgan fingerprint density at radius 1 is 1.53 bits per heavy atom. The zero-order valence-electron chi connectivity index (χ0n) is 8.63. The Balaban J connectivity index is 2.72. The molecule has 0 spiro atoms. The largest absolute Gasteiger partial charge is 0.462 e. The molecule has 0 aliphatic rings. The maximum Gasteiger partial charge on any atom is 0.338 e. The van der Waals surface area contributed by atoms with Crippen molar-refractivity contribution in [3.63, 3.8) is 0 Å². The quantitative estimate of drug-likeness (QED) is 0.580. The summed E-state index contributed by atoms with van der Waals surface area (Å²) in [6.45, 7) is 6.04. The standard InChI is InChI=1S/C12H13ClO2/c1-3-7-15-12(14)9(2)10-5-4-6-11(13)8-10/h4-6,8H,2-3,7H2,1H3. The summed E-state index contributed by atoms with van der Waals surface area (Å²) in [6.07, 6.45) is 0.800. The molecule has 3 heteroatoms. The highest BCUT2D eigenvalue weighted by molar-refractivity contribution is 6.31. The fourth-order valence-corrected chi connectivity index (χ4v) is 1.27. The highest BCUT2D eigenvalue weighted by Crippen LogP contribution is 2.18. The van der Waals surface area contributed by atoms with Gasteiger partial charge in [0.05, 0.1) is 12.2 Å². The summed E-state index contributed by atoms with van der Waals surface area (Å²) in [4.78, 5) is 11.4. The molecule has 1 aromatic rings. The first-order valence-electron chi connectivity index (χ1n) is 4.77. The van der Waals surface area contributed by atoms with Crippen LogP contribution in [0.25, 0.3) is 5.57 Å². The molecule has 0 fully saturated rings. The predicted molar refractivity (Wildman–Crippen MR) is 61.7 cm³/mol. The minimum atomic E-state index is -0.390. The van der Waals surface area contributed by atoms with Gasteiger partial charge in [0, 0.05) is 5.02 Å². The Morgan fingerprint density at radius 2 is 2.27 bits per heavy atom. The van der Waals surface area contributed by atoms with Gasteiger partial charge in [0.2, 0.25) is 0 Å². The van der Waals surface area contributed by atoms with Gasteiger partial charge in [0.15, 0.2) is 0 Å². The summed E-state index contributed by atoms with van der Waals surface area (Å²) in [6, 6.07) is 6.99. The van der Waals surface area contributed by atoms with Crippen molar-refractivity contribution in [3.8, 4) is 0 Å². The summed E-state index contributed by atoms with van der Waals surface area (Å²) in [7, 11) is 0. The van der Waals surface area contributed by atoms with E-state index in [2.05, 4.69) is 6.58 Å². The van der Waals surface area contributed by atoms with Crippen LogP contribution in [0.4, 0.5) is 0 Å². The van der Waals surface area contributed by atoms with Gasteiger partial charge in [-0.2, -0.15) is 0 Å². The van der Waals surface area contributed by atoms with Crippen molar-refractivity contribution in [3.05, 3.63) is 41.4 Å². The number of esters is 1. The van der Waals surface area contributed by atoms with E-state index in [0.717, 1.165) is 6.42 Å². The molecule has 0 saturated heterocycles. The van der Waals surface area contributed by atoms with Crippen molar-refractivity contribution in [2.45, 2.75) is 13.3 Å². The van der Waals surface area contributed by atoms with Gasteiger partial charge >= 0.3 is 5.97 Å². The Hall–Kier alpha value is -1.28. The first-order chi connectivity index (χ1) is 7.15. The second-order valence-electron chi connectivity index (χ2n) is 3.12. The van der Waals surface area contributed by atoms with Crippen LogP contribution >= 0.6 is 11.6 Å². The average molecular weight is 225 g/mol. The zero-order valence-corrected chi connectivity index (χ0v) is 9.38. The minimum absolute atomic E-state index is 0.339. The first kappa shape index (κ1) is 11.8. The Labute approximate surface area is 94.5 Å². The lowest BCUT2D eigenvalue weighted by Gasteiger charge is -2.06. The van der Waals surface area contributed by atoms with Crippen molar-refractivity contribution in [1.29, 1.82) is 0 Å². The zero-order chi connectivity index (χ0) is 11.3. The van der Waals surface area contributed by atoms with E-state index in [9.17, 15) is 4.79 Å². The molecular weight excluding hydrogens is 212 g/mol. The van der Waals surface area contributed by atoms with Crippen molar-refractivity contribution < 1.29 is 9.53 Å². The van der Waals surface area contributed by atoms with Crippen LogP contribution in [-0.4, -0.2) is 12.6 Å². The van der Waals surface area contributed by atoms with Gasteiger partial charge in [-0.05, 0) is 24.1 Å². The Bertz CT molecular complexity index is 372. The number of carbonyl (C=O) groups excluding carboxylic acids is 1. The summed E-state index contributed by atoms with van der Waals surface area (Å²) in [5.74, 6) is -0.390. The van der Waals surface area contributed by atoms with Gasteiger partial charge in [-0.3, -0.25) is 0 Å². The van der Waals surface area contributed by atoms with E-state index in [-0.39, 0.29) is 5.97 Å². The van der Waals surface area contributed by atoms with Crippen LogP contribution in [0.2, 0.25) is 5.02 Å². The number of hydrogen-bond acceptors (Lipinski definition) is 2. The summed E-state index contributed by atoms with van der Waals surface area (Å²) in [5.41, 5.74) is 1.04. The molecule has 0 radical (unpaired) electrons. The topological polar surface area (TPSA) is 26.3 Å². The molecule has 0 N–H and O–H groups in total. The SMILES string of the molecule is C=C(C(=O)OCCC)c1cccc(Cl)c1. The number of rotatable bonds is 4. The summed E-state index contributed by atoms with van der Waals surface area (Å²) in [5, 5.41) is 0.581. The van der Waals surface area contributed by atoms with Crippen LogP contribution in [0.3, 0.4) is 0 Å². The lowest BCUT2D eigenvalue weighted by Crippen LogP contribution is -2.06. The Kier molecular flexibility index (Phi) is 4.37. The third-order valence-corrected chi connectivity index (χ3v) is 2.09. The second kappa shape index (κ2) is 5.56. The molecule has 0 bridgehead atoms. The molecule has 0 aromatic heterocycles. The van der Waals surface area contributed by atoms with Gasteiger partial charge in [-0.25, -0.2) is 4.79 Å². The number of ether oxygens (including phenoxy) is 1. The van der Waals surface area contributed by atoms with Gasteiger partial charge in [0.1, 0.15) is 0 Å². The summed E-state index contributed by atoms with van der Waals surface area (Å²) < 4.78 is 4.97. The highest BCUT2D eigenvalue weighted by atomic mass is 35.5. The van der Waals surface area contributed by atoms with Crippen LogP contribution < -0.4 is 0 Å². The molecule has 0 unspecified atom stereocenters. The number of carbonyl (C=O) groups is 1. The normalized spacial score (nSPS) is 9.73. The fraction of sp³-hybridized carbons (Fsp3) is 0.250. The molecule has 1 rings (SSSR count). The van der Waals surface area contributed by atoms with Crippen LogP contribution in [-0.2, 0) is 9.53 Å². The molecule has 0 aliphatic carbocycles. The average Bonchev–Trinajstić information content (AvgIpc) is 2.24. The van der Waals surface area contributed by atoms with Crippen molar-refractivity contribution >= 4 is 23.1 Å². The second-order valence-corrected chi connectivity index (χ2v) is 3.56. The minimum Gasteiger partial charge on any atom is -0.462 e. The van der Waals surface area contributed by atoms with Crippen molar-refractivity contribution in [2.24, 2.45) is 0 Å². The molecule has 2 nitrogen and oxygen atoms in total. The highest BCUT2D eigenvalue weighted by Gasteiger charge is 2.10. The smallest absolute Gasteiger partial charge is 0.338 e. The third-order valence-electron chi connectivity index (χ3n) is 1.86. The van der Waals surface area contributed by atoms with E-state index in [1.165, 1.54) is 0 Å². The molecule has 0 aliphatic heterocycles. The van der Waals surface area contributed by atoms with E-state index in [1.54, 1.807) is 24.3 Å². The monoisotopic (exact) mass is 224 g/mol. The van der Waals surface area contributed by atoms with Gasteiger partial charge in [-0.1, -0.05) is 37.2 Å². The van der Waals surface area contributed by atoms with Crippen molar-refractivity contribution in [1.82, 2.24) is 0 Å². The molecule has 15 heavy (non-hydrogen) atoms. The van der Waals surface area contributed by atoms with Crippen LogP contribution in [0.15, 0.2) is 30.8 Å². The lowest BCUT2D eigenvalue weighted by molar-refractivity contribution is -0.136. The lowest BCUT2D eigenvalue weighted by atomic mass is 10.1. The van der Waals surface area contributed by atoms with Crippen LogP contribution in [0, 0.1) is 0 Å². The van der Waals surface area contributed by atoms with E-state index in [1.807, 2.05) is 6.92 Å². The number of hydrogen-bond donors (Lipinski definition) is 0. The van der Waals surface area contributed by atoms with Gasteiger partial charge in [-0.15, -0.1) is 0 Å². The molecule has 0 amide bonds. The Morgan fingerprint density at radius 3 is 2.87 bits per heavy atom. The van der Waals surface area contributed by atoms with Gasteiger partial charge < -0.3 is 4.74 Å². The molecular formula is C12H13ClO2. The molecule has 1 aromatic carbocycles. The molecule has 0 heterocycles. The fourth-order valence-electron chi connectivity index (χ4n) is 1.08. The number of benzene rings is 1. The molecule has 0 atom stereocenters. The maximum atomic E-state index is 11.4. The predicted octanol–water partition coefficient (Wildman–Crippen LogP) is 3.31. The molecule has 80 valence electrons. The first-order valence-corrected chi connectivity index (χ1v) is 5.15. The third kappa shape index (κ3) is 3.40. The maximum absolute atomic E-state index is 11.4. The summed E-state index contributed by atoms with van der Waals surface area (Å²) >= 11 is 5.80. The van der Waals surface area contributed by atoms with Crippen LogP contribution in [0.1, 0.15) is 18.9 Å². The molecule has 0 saturated carbocycles. The van der Waals surface area contributed by atoms with Crippen LogP contribution in [0.5, 0.6) is 0 Å².